The number of hydrogen-bond acceptors (Lipinski definition) is 10. The number of nitrogens with two attached hydrogens (primary N) is 1. The number of para-hydroxylation sites is 1. The van der Waals surface area contributed by atoms with Gasteiger partial charge in [0.1, 0.15) is 12.4 Å². The highest BCUT2D eigenvalue weighted by Crippen LogP contribution is 2.38. The average molecular weight is 835 g/mol. The third-order valence-electron chi connectivity index (χ3n) is 10.8. The van der Waals surface area contributed by atoms with Crippen molar-refractivity contribution in [3.8, 4) is 0 Å². The highest BCUT2D eigenvalue weighted by Gasteiger charge is 2.38. The van der Waals surface area contributed by atoms with Gasteiger partial charge in [-0.1, -0.05) is 29.8 Å². The number of aromatic nitrogens is 2. The molecule has 2 aromatic carbocycles. The lowest BCUT2D eigenvalue weighted by atomic mass is 10.0. The number of likely N-dealkylation sites (tertiary alicyclic amines) is 1. The first-order valence-corrected chi connectivity index (χ1v) is 19.5. The molecule has 3 N–H and O–H groups in total. The number of pyridine rings is 2. The van der Waals surface area contributed by atoms with E-state index >= 15 is 0 Å². The number of nitrogen functional groups attached to an aromatic ring is 1. The predicted octanol–water partition coefficient (Wildman–Crippen LogP) is 6.04. The maximum absolute atomic E-state index is 14.1. The molecule has 59 heavy (non-hydrogen) atoms. The quantitative estimate of drug-likeness (QED) is 0.150. The lowest BCUT2D eigenvalue weighted by Crippen LogP contribution is -2.54. The first-order valence-electron chi connectivity index (χ1n) is 19.2. The van der Waals surface area contributed by atoms with Crippen LogP contribution in [-0.2, 0) is 39.9 Å². The molecule has 0 aliphatic carbocycles. The number of nitrogens with one attached hydrogen (secondary N) is 1. The number of amides is 4. The Hall–Kier alpha value is -6.10. The Morgan fingerprint density at radius 2 is 1.64 bits per heavy atom. The average Bonchev–Trinajstić information content (AvgIpc) is 3.41. The Labute approximate surface area is 343 Å². The molecular formula is C41H42ClF3N8O6. The minimum Gasteiger partial charge on any atom is -0.457 e. The van der Waals surface area contributed by atoms with Crippen molar-refractivity contribution in [1.82, 2.24) is 24.7 Å². The Bertz CT molecular complexity index is 2160. The second-order valence-electron chi connectivity index (χ2n) is 14.5. The third-order valence-corrected chi connectivity index (χ3v) is 11.1. The zero-order chi connectivity index (χ0) is 41.7. The van der Waals surface area contributed by atoms with Crippen LogP contribution in [0.4, 0.5) is 40.0 Å². The summed E-state index contributed by atoms with van der Waals surface area (Å²) >= 11 is 6.12. The van der Waals surface area contributed by atoms with Gasteiger partial charge in [-0.25, -0.2) is 19.4 Å². The topological polar surface area (TPSA) is 164 Å². The number of rotatable bonds is 9. The van der Waals surface area contributed by atoms with Crippen LogP contribution in [-0.4, -0.2) is 107 Å². The first-order chi connectivity index (χ1) is 28.3. The molecule has 14 nitrogen and oxygen atoms in total. The molecule has 7 rings (SSSR count). The van der Waals surface area contributed by atoms with Gasteiger partial charge in [0.2, 0.25) is 0 Å². The molecule has 3 aliphatic rings. The van der Waals surface area contributed by atoms with E-state index in [1.807, 2.05) is 29.2 Å². The number of nitrogens with zero attached hydrogens (tertiary/aromatic N) is 6. The van der Waals surface area contributed by atoms with Crippen molar-refractivity contribution in [2.24, 2.45) is 0 Å². The molecule has 3 aliphatic heterocycles. The van der Waals surface area contributed by atoms with Gasteiger partial charge in [-0.3, -0.25) is 9.78 Å². The van der Waals surface area contributed by atoms with Crippen LogP contribution in [0, 0.1) is 0 Å². The maximum atomic E-state index is 14.1. The molecule has 18 heteroatoms. The molecular weight excluding hydrogens is 793 g/mol. The third kappa shape index (κ3) is 9.79. The van der Waals surface area contributed by atoms with Crippen molar-refractivity contribution in [2.45, 2.75) is 50.6 Å². The van der Waals surface area contributed by atoms with Gasteiger partial charge >= 0.3 is 24.3 Å². The molecule has 0 bridgehead atoms. The number of halogens is 4. The molecule has 4 amide bonds. The first kappa shape index (κ1) is 41.1. The van der Waals surface area contributed by atoms with Crippen LogP contribution in [0.1, 0.15) is 45.5 Å². The van der Waals surface area contributed by atoms with E-state index < -0.39 is 41.5 Å². The Morgan fingerprint density at radius 3 is 2.34 bits per heavy atom. The molecule has 4 aromatic rings. The molecule has 1 atom stereocenters. The molecule has 0 saturated carbocycles. The van der Waals surface area contributed by atoms with Crippen LogP contribution in [0.3, 0.4) is 0 Å². The van der Waals surface area contributed by atoms with Crippen molar-refractivity contribution in [1.29, 1.82) is 0 Å². The molecule has 0 radical (unpaired) electrons. The summed E-state index contributed by atoms with van der Waals surface area (Å²) in [6.07, 6.45) is -1.28. The smallest absolute Gasteiger partial charge is 0.418 e. The molecule has 5 heterocycles. The summed E-state index contributed by atoms with van der Waals surface area (Å²) < 4.78 is 52.9. The van der Waals surface area contributed by atoms with E-state index in [1.54, 1.807) is 41.6 Å². The lowest BCUT2D eigenvalue weighted by Gasteiger charge is -2.39. The minimum absolute atomic E-state index is 0.0109. The number of urea groups is 1. The molecule has 2 aromatic heterocycles. The fourth-order valence-electron chi connectivity index (χ4n) is 7.48. The Balaban J connectivity index is 0.991. The summed E-state index contributed by atoms with van der Waals surface area (Å²) in [7, 11) is 0. The van der Waals surface area contributed by atoms with Crippen LogP contribution < -0.4 is 16.0 Å². The highest BCUT2D eigenvalue weighted by molar-refractivity contribution is 6.33. The van der Waals surface area contributed by atoms with Gasteiger partial charge in [0.25, 0.3) is 5.91 Å². The van der Waals surface area contributed by atoms with Gasteiger partial charge in [0, 0.05) is 82.6 Å². The number of benzene rings is 2. The zero-order valence-corrected chi connectivity index (χ0v) is 32.6. The van der Waals surface area contributed by atoms with E-state index in [9.17, 15) is 32.3 Å². The van der Waals surface area contributed by atoms with Gasteiger partial charge in [-0.15, -0.1) is 0 Å². The molecule has 0 unspecified atom stereocenters. The van der Waals surface area contributed by atoms with E-state index in [4.69, 9.17) is 26.8 Å². The Kier molecular flexibility index (Phi) is 12.4. The number of piperazine rings is 1. The van der Waals surface area contributed by atoms with Gasteiger partial charge in [-0.05, 0) is 78.4 Å². The summed E-state index contributed by atoms with van der Waals surface area (Å²) in [5, 5.41) is 2.63. The number of ether oxygens (including phenoxy) is 2. The molecule has 0 spiro atoms. The number of carbonyl (C=O) groups excluding carboxylic acids is 4. The van der Waals surface area contributed by atoms with Crippen molar-refractivity contribution in [3.05, 3.63) is 112 Å². The highest BCUT2D eigenvalue weighted by atomic mass is 35.5. The second kappa shape index (κ2) is 17.8. The lowest BCUT2D eigenvalue weighted by molar-refractivity contribution is -0.141. The summed E-state index contributed by atoms with van der Waals surface area (Å²) in [6, 6.07) is 16.1. The number of hydrogen-bond donors (Lipinski definition) is 2. The predicted molar refractivity (Wildman–Crippen MR) is 212 cm³/mol. The Morgan fingerprint density at radius 1 is 0.915 bits per heavy atom. The molecule has 2 saturated heterocycles. The van der Waals surface area contributed by atoms with E-state index in [1.165, 1.54) is 22.1 Å². The van der Waals surface area contributed by atoms with Crippen molar-refractivity contribution < 1.29 is 41.8 Å². The SMILES string of the molecule is Nc1c(Cl)cc(C[C@@H](OC(=O)N2CCC(N3CCc4ccccc4NC3=O)CC2)C(=O)N2CCN(c3ccc(C(=O)OCc4ccncc4)cn3)CC2)cc1C(F)(F)F. The molecule has 310 valence electrons. The summed E-state index contributed by atoms with van der Waals surface area (Å²) in [4.78, 5) is 68.5. The van der Waals surface area contributed by atoms with Gasteiger partial charge < -0.3 is 40.1 Å². The van der Waals surface area contributed by atoms with E-state index in [2.05, 4.69) is 15.3 Å². The summed E-state index contributed by atoms with van der Waals surface area (Å²) in [5.41, 5.74) is 6.73. The van der Waals surface area contributed by atoms with E-state index in [-0.39, 0.29) is 67.4 Å². The number of esters is 1. The number of alkyl halides is 3. The van der Waals surface area contributed by atoms with Crippen molar-refractivity contribution >= 4 is 52.8 Å². The normalized spacial score (nSPS) is 16.8. The van der Waals surface area contributed by atoms with E-state index in [0.717, 1.165) is 22.9 Å². The van der Waals surface area contributed by atoms with Crippen LogP contribution in [0.15, 0.2) is 79.3 Å². The number of anilines is 3. The summed E-state index contributed by atoms with van der Waals surface area (Å²) in [5.74, 6) is -0.565. The minimum atomic E-state index is -4.82. The fraction of sp³-hybridized carbons (Fsp3) is 0.366. The van der Waals surface area contributed by atoms with Gasteiger partial charge in [0.05, 0.1) is 21.8 Å². The van der Waals surface area contributed by atoms with E-state index in [0.29, 0.717) is 44.7 Å². The zero-order valence-electron chi connectivity index (χ0n) is 31.9. The van der Waals surface area contributed by atoms with Gasteiger partial charge in [-0.2, -0.15) is 13.2 Å². The largest absolute Gasteiger partial charge is 0.457 e. The van der Waals surface area contributed by atoms with Crippen LogP contribution in [0.2, 0.25) is 5.02 Å². The molecule has 2 fully saturated rings. The monoisotopic (exact) mass is 834 g/mol. The van der Waals surface area contributed by atoms with Crippen LogP contribution in [0.25, 0.3) is 0 Å². The standard InChI is InChI=1S/C41H42ClF3N8O6/c42-32-22-27(21-31(36(32)46)41(43,44)45)23-34(59-40(57)52-14-10-30(11-15-52)53-16-9-28-3-1-2-4-33(28)49-39(53)56)37(54)51-19-17-50(18-20-51)35-6-5-29(24-48-35)38(55)58-25-26-7-12-47-13-8-26/h1-8,12-13,21-22,24,30,34H,9-11,14-20,23,25,46H2,(H,49,56)/t34-/m1/s1. The van der Waals surface area contributed by atoms with Crippen LogP contribution in [0.5, 0.6) is 0 Å². The maximum Gasteiger partial charge on any atom is 0.418 e. The van der Waals surface area contributed by atoms with Crippen molar-refractivity contribution in [3.63, 3.8) is 0 Å². The fourth-order valence-corrected chi connectivity index (χ4v) is 7.72. The number of carbonyl (C=O) groups is 4. The van der Waals surface area contributed by atoms with Gasteiger partial charge in [0.15, 0.2) is 6.10 Å². The summed E-state index contributed by atoms with van der Waals surface area (Å²) in [6.45, 7) is 2.11. The van der Waals surface area contributed by atoms with Crippen molar-refractivity contribution in [2.75, 3.05) is 61.8 Å². The second-order valence-corrected chi connectivity index (χ2v) is 14.9. The number of piperidine rings is 1. The van der Waals surface area contributed by atoms with Crippen LogP contribution >= 0.6 is 11.6 Å². The number of fused-ring (bicyclic) bond motifs is 1.